The number of aromatic amines is 1. The van der Waals surface area contributed by atoms with Crippen molar-refractivity contribution in [3.63, 3.8) is 0 Å². The van der Waals surface area contributed by atoms with E-state index in [1.807, 2.05) is 20.8 Å². The molecular weight excluding hydrogens is 310 g/mol. The molecule has 0 amide bonds. The maximum Gasteiger partial charge on any atom is 0.288 e. The van der Waals surface area contributed by atoms with Crippen molar-refractivity contribution in [2.75, 3.05) is 0 Å². The third-order valence-corrected chi connectivity index (χ3v) is 3.78. The van der Waals surface area contributed by atoms with Crippen molar-refractivity contribution in [1.29, 1.82) is 0 Å². The van der Waals surface area contributed by atoms with Crippen molar-refractivity contribution in [3.05, 3.63) is 40.8 Å². The Morgan fingerprint density at radius 1 is 1.19 bits per heavy atom. The van der Waals surface area contributed by atoms with Gasteiger partial charge in [0.2, 0.25) is 0 Å². The van der Waals surface area contributed by atoms with Crippen molar-refractivity contribution in [2.24, 2.45) is 0 Å². The molecule has 2 rings (SSSR count). The fourth-order valence-electron chi connectivity index (χ4n) is 1.78. The highest BCUT2D eigenvalue weighted by molar-refractivity contribution is 7.99. The smallest absolute Gasteiger partial charge is 0.288 e. The summed E-state index contributed by atoms with van der Waals surface area (Å²) in [5, 5.41) is 0. The lowest BCUT2D eigenvalue weighted by Crippen LogP contribution is -2.16. The van der Waals surface area contributed by atoms with Gasteiger partial charge in [0.25, 0.3) is 5.76 Å². The highest BCUT2D eigenvalue weighted by atomic mass is 32.2. The first-order chi connectivity index (χ1) is 9.75. The lowest BCUT2D eigenvalue weighted by atomic mass is 9.95. The molecule has 21 heavy (non-hydrogen) atoms. The molecule has 1 heterocycles. The quantitative estimate of drug-likeness (QED) is 0.603. The summed E-state index contributed by atoms with van der Waals surface area (Å²) < 4.78 is 25.1. The van der Waals surface area contributed by atoms with E-state index in [-0.39, 0.29) is 5.41 Å². The van der Waals surface area contributed by atoms with Gasteiger partial charge in [0.1, 0.15) is 10.5 Å². The van der Waals surface area contributed by atoms with Gasteiger partial charge in [-0.2, -0.15) is 8.78 Å². The van der Waals surface area contributed by atoms with Crippen LogP contribution in [0, 0.1) is 4.64 Å². The van der Waals surface area contributed by atoms with E-state index in [2.05, 4.69) is 9.97 Å². The number of hydrogen-bond acceptors (Lipinski definition) is 3. The van der Waals surface area contributed by atoms with Gasteiger partial charge in [-0.1, -0.05) is 56.9 Å². The van der Waals surface area contributed by atoms with Crippen LogP contribution in [0.15, 0.2) is 35.2 Å². The average molecular weight is 326 g/mol. The second kappa shape index (κ2) is 6.23. The molecule has 0 saturated heterocycles. The Balaban J connectivity index is 2.38. The van der Waals surface area contributed by atoms with E-state index in [1.54, 1.807) is 30.3 Å². The number of aromatic nitrogens is 2. The predicted octanol–water partition coefficient (Wildman–Crippen LogP) is 5.42. The number of alkyl halides is 2. The minimum atomic E-state index is -2.41. The Morgan fingerprint density at radius 2 is 1.81 bits per heavy atom. The van der Waals surface area contributed by atoms with Crippen LogP contribution < -0.4 is 0 Å². The Kier molecular flexibility index (Phi) is 4.78. The first kappa shape index (κ1) is 16.1. The summed E-state index contributed by atoms with van der Waals surface area (Å²) in [5.74, 6) is -1.61. The fourth-order valence-corrected chi connectivity index (χ4v) is 2.49. The third kappa shape index (κ3) is 4.35. The molecule has 1 aromatic heterocycles. The van der Waals surface area contributed by atoms with E-state index in [1.165, 1.54) is 0 Å². The van der Waals surface area contributed by atoms with Crippen LogP contribution in [0.4, 0.5) is 8.78 Å². The molecule has 6 heteroatoms. The summed E-state index contributed by atoms with van der Waals surface area (Å²) in [4.78, 5) is 8.15. The zero-order valence-corrected chi connectivity index (χ0v) is 13.6. The van der Waals surface area contributed by atoms with Crippen LogP contribution in [-0.4, -0.2) is 15.7 Å². The number of hydrogen-bond donors (Lipinski definition) is 1. The zero-order valence-electron chi connectivity index (χ0n) is 12.0. The van der Waals surface area contributed by atoms with Crippen molar-refractivity contribution in [1.82, 2.24) is 9.97 Å². The van der Waals surface area contributed by atoms with Gasteiger partial charge < -0.3 is 4.98 Å². The van der Waals surface area contributed by atoms with Crippen molar-refractivity contribution in [3.8, 4) is 11.3 Å². The monoisotopic (exact) mass is 326 g/mol. The molecule has 1 N–H and O–H groups in total. The molecule has 0 radical (unpaired) electrons. The number of nitrogens with one attached hydrogen (secondary N) is 1. The minimum Gasteiger partial charge on any atom is -0.343 e. The van der Waals surface area contributed by atoms with Crippen molar-refractivity contribution >= 4 is 24.0 Å². The number of rotatable bonds is 3. The molecule has 2 aromatic rings. The second-order valence-corrected chi connectivity index (χ2v) is 7.12. The minimum absolute atomic E-state index is 0.144. The van der Waals surface area contributed by atoms with Crippen LogP contribution in [0.1, 0.15) is 26.6 Å². The molecule has 0 bridgehead atoms. The summed E-state index contributed by atoms with van der Waals surface area (Å²) in [6.45, 7) is 6.15. The van der Waals surface area contributed by atoms with Gasteiger partial charge >= 0.3 is 0 Å². The SMILES string of the molecule is CC(C)(C)c1nc(=S)cc(-c2ccc(SC(F)F)cc2)[nH]1. The van der Waals surface area contributed by atoms with Crippen LogP contribution in [0.5, 0.6) is 0 Å². The number of nitrogens with zero attached hydrogens (tertiary/aromatic N) is 1. The van der Waals surface area contributed by atoms with Gasteiger partial charge in [-0.15, -0.1) is 0 Å². The number of thioether (sulfide) groups is 1. The summed E-state index contributed by atoms with van der Waals surface area (Å²) in [5.41, 5.74) is 1.59. The molecule has 0 unspecified atom stereocenters. The lowest BCUT2D eigenvalue weighted by molar-refractivity contribution is 0.252. The first-order valence-electron chi connectivity index (χ1n) is 6.43. The van der Waals surface area contributed by atoms with E-state index in [4.69, 9.17) is 12.2 Å². The molecule has 2 nitrogen and oxygen atoms in total. The Bertz CT molecular complexity index is 673. The van der Waals surface area contributed by atoms with Gasteiger partial charge in [0, 0.05) is 16.0 Å². The summed E-state index contributed by atoms with van der Waals surface area (Å²) in [7, 11) is 0. The van der Waals surface area contributed by atoms with Crippen LogP contribution in [0.2, 0.25) is 0 Å². The lowest BCUT2D eigenvalue weighted by Gasteiger charge is -2.18. The Morgan fingerprint density at radius 3 is 2.33 bits per heavy atom. The first-order valence-corrected chi connectivity index (χ1v) is 7.71. The van der Waals surface area contributed by atoms with Gasteiger partial charge in [-0.3, -0.25) is 0 Å². The molecule has 0 aliphatic carbocycles. The van der Waals surface area contributed by atoms with Crippen molar-refractivity contribution < 1.29 is 8.78 Å². The maximum atomic E-state index is 12.3. The van der Waals surface area contributed by atoms with Crippen LogP contribution in [0.3, 0.4) is 0 Å². The van der Waals surface area contributed by atoms with E-state index in [9.17, 15) is 8.78 Å². The molecule has 0 aliphatic rings. The largest absolute Gasteiger partial charge is 0.343 e. The van der Waals surface area contributed by atoms with Crippen LogP contribution in [0.25, 0.3) is 11.3 Å². The Labute approximate surface area is 132 Å². The highest BCUT2D eigenvalue weighted by Crippen LogP contribution is 2.28. The molecule has 0 spiro atoms. The molecule has 0 aliphatic heterocycles. The predicted molar refractivity (Wildman–Crippen MR) is 85.4 cm³/mol. The molecule has 1 aromatic carbocycles. The van der Waals surface area contributed by atoms with Gasteiger partial charge in [0.15, 0.2) is 0 Å². The zero-order chi connectivity index (χ0) is 15.6. The molecule has 0 atom stereocenters. The number of H-pyrrole nitrogens is 1. The molecule has 0 fully saturated rings. The standard InChI is InChI=1S/C15H16F2N2S2/c1-15(2,3)13-18-11(8-12(20)19-13)9-4-6-10(7-5-9)21-14(16)17/h4-8,14H,1-3H3,(H,18,19,20). The third-order valence-electron chi connectivity index (χ3n) is 2.84. The Hall–Kier alpha value is -1.27. The van der Waals surface area contributed by atoms with Gasteiger partial charge in [-0.25, -0.2) is 4.98 Å². The topological polar surface area (TPSA) is 28.7 Å². The molecule has 112 valence electrons. The van der Waals surface area contributed by atoms with E-state index >= 15 is 0 Å². The van der Waals surface area contributed by atoms with Crippen LogP contribution >= 0.6 is 24.0 Å². The maximum absolute atomic E-state index is 12.3. The average Bonchev–Trinajstić information content (AvgIpc) is 2.37. The van der Waals surface area contributed by atoms with E-state index < -0.39 is 5.76 Å². The van der Waals surface area contributed by atoms with Crippen molar-refractivity contribution in [2.45, 2.75) is 36.8 Å². The summed E-state index contributed by atoms with van der Waals surface area (Å²) in [6.07, 6.45) is 0. The van der Waals surface area contributed by atoms with Crippen LogP contribution in [-0.2, 0) is 5.41 Å². The summed E-state index contributed by atoms with van der Waals surface area (Å²) in [6, 6.07) is 8.75. The normalized spacial score (nSPS) is 11.9. The van der Waals surface area contributed by atoms with E-state index in [0.717, 1.165) is 17.1 Å². The number of benzene rings is 1. The molecular formula is C15H16F2N2S2. The van der Waals surface area contributed by atoms with E-state index in [0.29, 0.717) is 21.3 Å². The molecule has 0 saturated carbocycles. The second-order valence-electron chi connectivity index (χ2n) is 5.63. The number of halogens is 2. The summed E-state index contributed by atoms with van der Waals surface area (Å²) >= 11 is 5.74. The fraction of sp³-hybridized carbons (Fsp3) is 0.333. The van der Waals surface area contributed by atoms with Gasteiger partial charge in [-0.05, 0) is 23.8 Å². The van der Waals surface area contributed by atoms with Gasteiger partial charge in [0.05, 0.1) is 0 Å². The highest BCUT2D eigenvalue weighted by Gasteiger charge is 2.17.